The molecule has 0 saturated heterocycles. The first-order valence-electron chi connectivity index (χ1n) is 4.34. The summed E-state index contributed by atoms with van der Waals surface area (Å²) in [6.45, 7) is -0.0564. The van der Waals surface area contributed by atoms with Crippen LogP contribution in [-0.2, 0) is 17.8 Å². The Hall–Kier alpha value is -0.830. The molecule has 1 rings (SSSR count). The Labute approximate surface area is 104 Å². The van der Waals surface area contributed by atoms with E-state index in [2.05, 4.69) is 4.98 Å². The quantitative estimate of drug-likeness (QED) is 0.817. The van der Waals surface area contributed by atoms with E-state index in [1.165, 1.54) is 6.07 Å². The highest BCUT2D eigenvalue weighted by Gasteiger charge is 2.17. The second-order valence-corrected chi connectivity index (χ2v) is 4.19. The number of carboxylic acid groups (broad SMARTS) is 1. The van der Waals surface area contributed by atoms with Gasteiger partial charge in [0.25, 0.3) is 6.43 Å². The zero-order valence-corrected chi connectivity index (χ0v) is 10.2. The van der Waals surface area contributed by atoms with Crippen LogP contribution in [-0.4, -0.2) is 16.1 Å². The van der Waals surface area contributed by atoms with E-state index in [-0.39, 0.29) is 24.4 Å². The van der Waals surface area contributed by atoms with Crippen LogP contribution in [0.25, 0.3) is 0 Å². The molecule has 0 bridgehead atoms. The van der Waals surface area contributed by atoms with E-state index in [1.54, 1.807) is 0 Å². The predicted octanol–water partition coefficient (Wildman–Crippen LogP) is 1.71. The molecule has 0 amide bonds. The molecule has 0 saturated carbocycles. The summed E-state index contributed by atoms with van der Waals surface area (Å²) in [5, 5.41) is 8.67. The number of rotatable bonds is 4. The highest BCUT2D eigenvalue weighted by Crippen LogP contribution is 2.23. The zero-order chi connectivity index (χ0) is 12.3. The standard InChI is InChI=1S/C9H9F2IN2O2/c10-9(11)6-2-5(12)4(1-8(15)16)7(3-13)14-6/h2,9H,1,3,13H2,(H,15,16). The normalized spacial score (nSPS) is 10.8. The van der Waals surface area contributed by atoms with Crippen LogP contribution in [0.15, 0.2) is 6.07 Å². The number of nitrogens with two attached hydrogens (primary N) is 1. The van der Waals surface area contributed by atoms with E-state index in [1.807, 2.05) is 22.6 Å². The lowest BCUT2D eigenvalue weighted by Gasteiger charge is -2.10. The van der Waals surface area contributed by atoms with Crippen molar-refractivity contribution in [3.63, 3.8) is 0 Å². The molecular weight excluding hydrogens is 333 g/mol. The van der Waals surface area contributed by atoms with Crippen molar-refractivity contribution in [3.05, 3.63) is 26.6 Å². The number of carbonyl (C=O) groups is 1. The number of alkyl halides is 2. The molecule has 88 valence electrons. The van der Waals surface area contributed by atoms with Crippen LogP contribution in [0.2, 0.25) is 0 Å². The molecule has 0 spiro atoms. The van der Waals surface area contributed by atoms with Gasteiger partial charge in [0.15, 0.2) is 0 Å². The topological polar surface area (TPSA) is 76.2 Å². The Bertz CT molecular complexity index is 413. The van der Waals surface area contributed by atoms with Gasteiger partial charge in [-0.15, -0.1) is 0 Å². The second kappa shape index (κ2) is 5.48. The van der Waals surface area contributed by atoms with Crippen molar-refractivity contribution in [1.29, 1.82) is 0 Å². The Morgan fingerprint density at radius 2 is 2.25 bits per heavy atom. The Kier molecular flexibility index (Phi) is 4.54. The van der Waals surface area contributed by atoms with Gasteiger partial charge in [-0.25, -0.2) is 8.78 Å². The number of aromatic nitrogens is 1. The summed E-state index contributed by atoms with van der Waals surface area (Å²) >= 11 is 1.81. The molecule has 16 heavy (non-hydrogen) atoms. The number of hydrogen-bond acceptors (Lipinski definition) is 3. The van der Waals surface area contributed by atoms with Crippen LogP contribution in [0.4, 0.5) is 8.78 Å². The molecule has 0 aliphatic rings. The highest BCUT2D eigenvalue weighted by atomic mass is 127. The van der Waals surface area contributed by atoms with Crippen LogP contribution in [0.3, 0.4) is 0 Å². The van der Waals surface area contributed by atoms with E-state index >= 15 is 0 Å². The summed E-state index contributed by atoms with van der Waals surface area (Å²) in [5.41, 5.74) is 5.60. The first-order chi connectivity index (χ1) is 7.45. The van der Waals surface area contributed by atoms with E-state index in [9.17, 15) is 13.6 Å². The lowest BCUT2D eigenvalue weighted by atomic mass is 10.1. The lowest BCUT2D eigenvalue weighted by Crippen LogP contribution is -2.12. The first-order valence-corrected chi connectivity index (χ1v) is 5.41. The fraction of sp³-hybridized carbons (Fsp3) is 0.333. The molecule has 0 atom stereocenters. The maximum atomic E-state index is 12.4. The number of pyridine rings is 1. The number of halogens is 3. The maximum Gasteiger partial charge on any atom is 0.307 e. The molecule has 7 heteroatoms. The molecule has 0 radical (unpaired) electrons. The third-order valence-corrected chi connectivity index (χ3v) is 2.88. The molecular formula is C9H9F2IN2O2. The van der Waals surface area contributed by atoms with Crippen LogP contribution >= 0.6 is 22.6 Å². The largest absolute Gasteiger partial charge is 0.481 e. The summed E-state index contributed by atoms with van der Waals surface area (Å²) in [5.74, 6) is -1.04. The minimum absolute atomic E-state index is 0.0564. The molecule has 1 aromatic heterocycles. The Morgan fingerprint density at radius 3 is 2.69 bits per heavy atom. The summed E-state index contributed by atoms with van der Waals surface area (Å²) in [6.07, 6.45) is -2.95. The average molecular weight is 342 g/mol. The van der Waals surface area contributed by atoms with Gasteiger partial charge in [-0.05, 0) is 34.2 Å². The minimum atomic E-state index is -2.68. The summed E-state index contributed by atoms with van der Waals surface area (Å²) in [7, 11) is 0. The Balaban J connectivity index is 3.22. The van der Waals surface area contributed by atoms with Crippen molar-refractivity contribution in [1.82, 2.24) is 4.98 Å². The minimum Gasteiger partial charge on any atom is -0.481 e. The van der Waals surface area contributed by atoms with Crippen molar-refractivity contribution in [3.8, 4) is 0 Å². The SMILES string of the molecule is NCc1nc(C(F)F)cc(I)c1CC(=O)O. The Morgan fingerprint density at radius 1 is 1.62 bits per heavy atom. The van der Waals surface area contributed by atoms with Crippen molar-refractivity contribution in [2.45, 2.75) is 19.4 Å². The van der Waals surface area contributed by atoms with Crippen molar-refractivity contribution in [2.24, 2.45) is 5.73 Å². The lowest BCUT2D eigenvalue weighted by molar-refractivity contribution is -0.136. The third kappa shape index (κ3) is 3.08. The molecule has 1 aromatic rings. The fourth-order valence-electron chi connectivity index (χ4n) is 1.23. The van der Waals surface area contributed by atoms with Crippen molar-refractivity contribution in [2.75, 3.05) is 0 Å². The molecule has 4 nitrogen and oxygen atoms in total. The van der Waals surface area contributed by atoms with Gasteiger partial charge in [-0.3, -0.25) is 9.78 Å². The summed E-state index contributed by atoms with van der Waals surface area (Å²) in [6, 6.07) is 1.18. The van der Waals surface area contributed by atoms with E-state index in [0.29, 0.717) is 9.13 Å². The van der Waals surface area contributed by atoms with Crippen molar-refractivity contribution < 1.29 is 18.7 Å². The zero-order valence-electron chi connectivity index (χ0n) is 8.08. The highest BCUT2D eigenvalue weighted by molar-refractivity contribution is 14.1. The van der Waals surface area contributed by atoms with Gasteiger partial charge in [0.05, 0.1) is 12.1 Å². The van der Waals surface area contributed by atoms with Crippen LogP contribution in [0.1, 0.15) is 23.4 Å². The van der Waals surface area contributed by atoms with Gasteiger partial charge in [-0.2, -0.15) is 0 Å². The number of hydrogen-bond donors (Lipinski definition) is 2. The molecule has 0 aliphatic heterocycles. The number of carboxylic acids is 1. The van der Waals surface area contributed by atoms with E-state index in [4.69, 9.17) is 10.8 Å². The maximum absolute atomic E-state index is 12.4. The van der Waals surface area contributed by atoms with Gasteiger partial charge >= 0.3 is 5.97 Å². The van der Waals surface area contributed by atoms with Crippen molar-refractivity contribution >= 4 is 28.6 Å². The molecule has 0 aromatic carbocycles. The first kappa shape index (κ1) is 13.2. The van der Waals surface area contributed by atoms with Gasteiger partial charge in [0, 0.05) is 10.1 Å². The third-order valence-electron chi connectivity index (χ3n) is 1.92. The fourth-order valence-corrected chi connectivity index (χ4v) is 2.05. The average Bonchev–Trinajstić information content (AvgIpc) is 2.19. The van der Waals surface area contributed by atoms with E-state index < -0.39 is 12.4 Å². The number of nitrogens with zero attached hydrogens (tertiary/aromatic N) is 1. The van der Waals surface area contributed by atoms with Gasteiger partial charge in [-0.1, -0.05) is 0 Å². The molecule has 0 fully saturated rings. The monoisotopic (exact) mass is 342 g/mol. The molecule has 3 N–H and O–H groups in total. The molecule has 0 aliphatic carbocycles. The number of aliphatic carboxylic acids is 1. The van der Waals surface area contributed by atoms with E-state index in [0.717, 1.165) is 0 Å². The van der Waals surface area contributed by atoms with Crippen LogP contribution in [0.5, 0.6) is 0 Å². The van der Waals surface area contributed by atoms with Crippen LogP contribution < -0.4 is 5.73 Å². The van der Waals surface area contributed by atoms with Gasteiger partial charge in [0.1, 0.15) is 5.69 Å². The second-order valence-electron chi connectivity index (χ2n) is 3.03. The summed E-state index contributed by atoms with van der Waals surface area (Å²) < 4.78 is 25.3. The smallest absolute Gasteiger partial charge is 0.307 e. The van der Waals surface area contributed by atoms with Crippen LogP contribution in [0, 0.1) is 3.57 Å². The predicted molar refractivity (Wildman–Crippen MR) is 61.1 cm³/mol. The molecule has 0 unspecified atom stereocenters. The van der Waals surface area contributed by atoms with Gasteiger partial charge in [0.2, 0.25) is 0 Å². The summed E-state index contributed by atoms with van der Waals surface area (Å²) in [4.78, 5) is 14.2. The molecule has 1 heterocycles. The van der Waals surface area contributed by atoms with Gasteiger partial charge < -0.3 is 10.8 Å².